The summed E-state index contributed by atoms with van der Waals surface area (Å²) >= 11 is 6.00. The molecule has 0 radical (unpaired) electrons. The first-order chi connectivity index (χ1) is 9.24. The van der Waals surface area contributed by atoms with E-state index in [2.05, 4.69) is 27.3 Å². The number of anilines is 1. The van der Waals surface area contributed by atoms with Gasteiger partial charge in [0.05, 0.1) is 0 Å². The molecule has 0 amide bonds. The molecule has 0 aliphatic heterocycles. The highest BCUT2D eigenvalue weighted by molar-refractivity contribution is 6.29. The third-order valence-corrected chi connectivity index (χ3v) is 4.25. The second-order valence-electron chi connectivity index (χ2n) is 5.34. The molecule has 19 heavy (non-hydrogen) atoms. The van der Waals surface area contributed by atoms with Crippen molar-refractivity contribution in [3.8, 4) is 0 Å². The van der Waals surface area contributed by atoms with Gasteiger partial charge in [-0.05, 0) is 18.3 Å². The highest BCUT2D eigenvalue weighted by Gasteiger charge is 2.21. The van der Waals surface area contributed by atoms with Crippen molar-refractivity contribution in [3.63, 3.8) is 0 Å². The molecule has 1 aliphatic rings. The van der Waals surface area contributed by atoms with Crippen molar-refractivity contribution in [2.24, 2.45) is 11.8 Å². The van der Waals surface area contributed by atoms with Gasteiger partial charge in [0.25, 0.3) is 5.78 Å². The molecule has 0 bridgehead atoms. The van der Waals surface area contributed by atoms with E-state index in [-0.39, 0.29) is 0 Å². The van der Waals surface area contributed by atoms with Crippen molar-refractivity contribution in [2.45, 2.75) is 32.6 Å². The topological polar surface area (TPSA) is 55.1 Å². The molecule has 2 heterocycles. The van der Waals surface area contributed by atoms with Crippen molar-refractivity contribution in [1.29, 1.82) is 0 Å². The first-order valence-corrected chi connectivity index (χ1v) is 7.22. The van der Waals surface area contributed by atoms with Crippen LogP contribution in [0.4, 0.5) is 5.82 Å². The Labute approximate surface area is 117 Å². The molecule has 0 saturated heterocycles. The SMILES string of the molecule is CC1CCCCC1CNc1cc(Cl)nc2ncnn12. The molecule has 5 nitrogen and oxygen atoms in total. The van der Waals surface area contributed by atoms with E-state index in [1.54, 1.807) is 10.6 Å². The van der Waals surface area contributed by atoms with E-state index in [4.69, 9.17) is 11.6 Å². The quantitative estimate of drug-likeness (QED) is 0.878. The summed E-state index contributed by atoms with van der Waals surface area (Å²) in [4.78, 5) is 8.19. The van der Waals surface area contributed by atoms with Crippen LogP contribution in [0.15, 0.2) is 12.4 Å². The summed E-state index contributed by atoms with van der Waals surface area (Å²) in [6.45, 7) is 3.30. The van der Waals surface area contributed by atoms with Gasteiger partial charge in [-0.25, -0.2) is 0 Å². The standard InChI is InChI=1S/C13H18ClN5/c1-9-4-2-3-5-10(9)7-15-12-6-11(14)18-13-16-8-17-19(12)13/h6,8-10,15H,2-5,7H2,1H3. The monoisotopic (exact) mass is 279 g/mol. The van der Waals surface area contributed by atoms with Crippen molar-refractivity contribution in [3.05, 3.63) is 17.5 Å². The fourth-order valence-electron chi connectivity index (χ4n) is 2.84. The lowest BCUT2D eigenvalue weighted by molar-refractivity contribution is 0.268. The Morgan fingerprint density at radius 3 is 3.11 bits per heavy atom. The molecule has 1 fully saturated rings. The van der Waals surface area contributed by atoms with E-state index in [9.17, 15) is 0 Å². The summed E-state index contributed by atoms with van der Waals surface area (Å²) < 4.78 is 1.69. The van der Waals surface area contributed by atoms with Gasteiger partial charge < -0.3 is 5.32 Å². The van der Waals surface area contributed by atoms with Gasteiger partial charge in [-0.3, -0.25) is 0 Å². The van der Waals surface area contributed by atoms with Crippen molar-refractivity contribution in [2.75, 3.05) is 11.9 Å². The van der Waals surface area contributed by atoms with Gasteiger partial charge in [0.2, 0.25) is 0 Å². The zero-order chi connectivity index (χ0) is 13.2. The third-order valence-electron chi connectivity index (χ3n) is 4.06. The Bertz CT molecular complexity index is 567. The van der Waals surface area contributed by atoms with Gasteiger partial charge in [-0.15, -0.1) is 0 Å². The van der Waals surface area contributed by atoms with Crippen LogP contribution in [0.5, 0.6) is 0 Å². The molecular weight excluding hydrogens is 262 g/mol. The molecule has 2 aromatic rings. The zero-order valence-electron chi connectivity index (χ0n) is 11.0. The van der Waals surface area contributed by atoms with Crippen LogP contribution in [0.25, 0.3) is 5.78 Å². The van der Waals surface area contributed by atoms with E-state index in [1.165, 1.54) is 32.0 Å². The predicted molar refractivity (Wildman–Crippen MR) is 75.4 cm³/mol. The van der Waals surface area contributed by atoms with E-state index < -0.39 is 0 Å². The molecule has 2 aromatic heterocycles. The number of nitrogens with one attached hydrogen (secondary N) is 1. The lowest BCUT2D eigenvalue weighted by Crippen LogP contribution is -2.25. The van der Waals surface area contributed by atoms with Crippen LogP contribution >= 0.6 is 11.6 Å². The Morgan fingerprint density at radius 2 is 2.26 bits per heavy atom. The van der Waals surface area contributed by atoms with Gasteiger partial charge in [-0.1, -0.05) is 37.8 Å². The van der Waals surface area contributed by atoms with Crippen LogP contribution in [0.3, 0.4) is 0 Å². The average Bonchev–Trinajstić information content (AvgIpc) is 2.85. The molecule has 0 aromatic carbocycles. The Hall–Kier alpha value is -1.36. The van der Waals surface area contributed by atoms with Crippen LogP contribution in [0.2, 0.25) is 5.15 Å². The van der Waals surface area contributed by atoms with Gasteiger partial charge in [0, 0.05) is 12.6 Å². The zero-order valence-corrected chi connectivity index (χ0v) is 11.8. The van der Waals surface area contributed by atoms with E-state index in [1.807, 2.05) is 0 Å². The van der Waals surface area contributed by atoms with E-state index in [0.29, 0.717) is 10.9 Å². The molecule has 6 heteroatoms. The van der Waals surface area contributed by atoms with Crippen LogP contribution in [0.1, 0.15) is 32.6 Å². The van der Waals surface area contributed by atoms with Crippen LogP contribution < -0.4 is 5.32 Å². The smallest absolute Gasteiger partial charge is 0.255 e. The number of halogens is 1. The van der Waals surface area contributed by atoms with Gasteiger partial charge in [0.15, 0.2) is 0 Å². The minimum Gasteiger partial charge on any atom is -0.370 e. The first kappa shape index (κ1) is 12.7. The summed E-state index contributed by atoms with van der Waals surface area (Å²) in [5, 5.41) is 8.06. The minimum absolute atomic E-state index is 0.444. The van der Waals surface area contributed by atoms with Crippen LogP contribution in [-0.2, 0) is 0 Å². The molecular formula is C13H18ClN5. The predicted octanol–water partition coefficient (Wildman–Crippen LogP) is 3.02. The molecule has 2 unspecified atom stereocenters. The normalized spacial score (nSPS) is 23.7. The number of rotatable bonds is 3. The maximum absolute atomic E-state index is 6.00. The second-order valence-corrected chi connectivity index (χ2v) is 5.73. The van der Waals surface area contributed by atoms with Crippen molar-refractivity contribution >= 4 is 23.2 Å². The number of hydrogen-bond donors (Lipinski definition) is 1. The Balaban J connectivity index is 1.75. The minimum atomic E-state index is 0.444. The van der Waals surface area contributed by atoms with Crippen LogP contribution in [-0.4, -0.2) is 26.1 Å². The summed E-state index contributed by atoms with van der Waals surface area (Å²) in [5.41, 5.74) is 0. The molecule has 3 rings (SSSR count). The number of aromatic nitrogens is 4. The second kappa shape index (κ2) is 5.33. The van der Waals surface area contributed by atoms with E-state index in [0.717, 1.165) is 24.2 Å². The maximum Gasteiger partial charge on any atom is 0.255 e. The summed E-state index contributed by atoms with van der Waals surface area (Å²) in [6.07, 6.45) is 6.83. The average molecular weight is 280 g/mol. The maximum atomic E-state index is 6.00. The summed E-state index contributed by atoms with van der Waals surface area (Å²) in [5.74, 6) is 2.90. The first-order valence-electron chi connectivity index (χ1n) is 6.84. The van der Waals surface area contributed by atoms with Crippen LogP contribution in [0, 0.1) is 11.8 Å². The number of fused-ring (bicyclic) bond motifs is 1. The van der Waals surface area contributed by atoms with Crippen molar-refractivity contribution in [1.82, 2.24) is 19.6 Å². The highest BCUT2D eigenvalue weighted by atomic mass is 35.5. The fourth-order valence-corrected chi connectivity index (χ4v) is 3.02. The Morgan fingerprint density at radius 1 is 1.42 bits per heavy atom. The van der Waals surface area contributed by atoms with Gasteiger partial charge in [-0.2, -0.15) is 19.6 Å². The van der Waals surface area contributed by atoms with E-state index >= 15 is 0 Å². The fraction of sp³-hybridized carbons (Fsp3) is 0.615. The number of nitrogens with zero attached hydrogens (tertiary/aromatic N) is 4. The molecule has 1 N–H and O–H groups in total. The molecule has 1 aliphatic carbocycles. The lowest BCUT2D eigenvalue weighted by atomic mass is 9.80. The summed E-state index contributed by atoms with van der Waals surface area (Å²) in [6, 6.07) is 1.80. The third kappa shape index (κ3) is 2.66. The molecule has 0 spiro atoms. The molecule has 102 valence electrons. The van der Waals surface area contributed by atoms with Crippen molar-refractivity contribution < 1.29 is 0 Å². The van der Waals surface area contributed by atoms with Gasteiger partial charge >= 0.3 is 0 Å². The molecule has 1 saturated carbocycles. The Kier molecular flexibility index (Phi) is 3.55. The lowest BCUT2D eigenvalue weighted by Gasteiger charge is -2.29. The highest BCUT2D eigenvalue weighted by Crippen LogP contribution is 2.29. The summed E-state index contributed by atoms with van der Waals surface area (Å²) in [7, 11) is 0. The number of hydrogen-bond acceptors (Lipinski definition) is 4. The van der Waals surface area contributed by atoms with Gasteiger partial charge in [0.1, 0.15) is 17.3 Å². The molecule has 2 atom stereocenters. The largest absolute Gasteiger partial charge is 0.370 e.